The lowest BCUT2D eigenvalue weighted by molar-refractivity contribution is 0.0434. The predicted octanol–water partition coefficient (Wildman–Crippen LogP) is 2.19. The molecule has 0 spiro atoms. The first-order chi connectivity index (χ1) is 10.2. The van der Waals surface area contributed by atoms with Crippen molar-refractivity contribution in [1.82, 2.24) is 20.2 Å². The van der Waals surface area contributed by atoms with Crippen molar-refractivity contribution in [3.8, 4) is 0 Å². The van der Waals surface area contributed by atoms with Gasteiger partial charge in [-0.15, -0.1) is 0 Å². The monoisotopic (exact) mass is 282 g/mol. The highest BCUT2D eigenvalue weighted by atomic mass is 15.3. The molecule has 1 aromatic carbocycles. The van der Waals surface area contributed by atoms with Crippen LogP contribution in [0.4, 0.5) is 0 Å². The molecule has 1 aromatic heterocycles. The van der Waals surface area contributed by atoms with E-state index in [1.165, 1.54) is 5.56 Å². The summed E-state index contributed by atoms with van der Waals surface area (Å²) in [6.45, 7) is 7.22. The summed E-state index contributed by atoms with van der Waals surface area (Å²) in [6, 6.07) is 13.0. The second-order valence-electron chi connectivity index (χ2n) is 5.97. The van der Waals surface area contributed by atoms with Crippen LogP contribution < -0.4 is 5.32 Å². The van der Waals surface area contributed by atoms with E-state index in [0.29, 0.717) is 6.04 Å². The summed E-state index contributed by atoms with van der Waals surface area (Å²) in [4.78, 5) is 11.3. The fraction of sp³-hybridized carbons (Fsp3) is 0.412. The van der Waals surface area contributed by atoms with Crippen molar-refractivity contribution in [2.45, 2.75) is 32.0 Å². The van der Waals surface area contributed by atoms with Crippen molar-refractivity contribution in [2.24, 2.45) is 0 Å². The van der Waals surface area contributed by atoms with Crippen molar-refractivity contribution < 1.29 is 0 Å². The third-order valence-corrected chi connectivity index (χ3v) is 4.33. The molecule has 1 N–H and O–H groups in total. The van der Waals surface area contributed by atoms with E-state index in [-0.39, 0.29) is 5.54 Å². The Labute approximate surface area is 126 Å². The number of piperazine rings is 1. The predicted molar refractivity (Wildman–Crippen MR) is 83.7 cm³/mol. The van der Waals surface area contributed by atoms with E-state index in [9.17, 15) is 0 Å². The van der Waals surface area contributed by atoms with Gasteiger partial charge in [-0.2, -0.15) is 0 Å². The van der Waals surface area contributed by atoms with Crippen molar-refractivity contribution in [3.63, 3.8) is 0 Å². The number of nitrogens with zero attached hydrogens (tertiary/aromatic N) is 3. The zero-order valence-electron chi connectivity index (χ0n) is 12.7. The van der Waals surface area contributed by atoms with Gasteiger partial charge in [-0.3, -0.25) is 4.90 Å². The maximum Gasteiger partial charge on any atom is 0.142 e. The van der Waals surface area contributed by atoms with Crippen LogP contribution in [0.25, 0.3) is 0 Å². The molecule has 4 heteroatoms. The molecular weight excluding hydrogens is 260 g/mol. The minimum absolute atomic E-state index is 0.0348. The van der Waals surface area contributed by atoms with Crippen LogP contribution in [0.3, 0.4) is 0 Å². The Hall–Kier alpha value is -1.78. The molecule has 110 valence electrons. The molecule has 0 saturated carbocycles. The zero-order valence-corrected chi connectivity index (χ0v) is 12.7. The normalized spacial score (nSPS) is 26.7. The van der Waals surface area contributed by atoms with Crippen molar-refractivity contribution in [3.05, 3.63) is 60.2 Å². The molecule has 0 radical (unpaired) electrons. The Morgan fingerprint density at radius 2 is 1.90 bits per heavy atom. The van der Waals surface area contributed by atoms with E-state index < -0.39 is 0 Å². The maximum absolute atomic E-state index is 4.38. The molecule has 0 bridgehead atoms. The lowest BCUT2D eigenvalue weighted by atomic mass is 9.87. The van der Waals surface area contributed by atoms with Crippen molar-refractivity contribution >= 4 is 0 Å². The molecule has 1 saturated heterocycles. The van der Waals surface area contributed by atoms with E-state index in [2.05, 4.69) is 64.4 Å². The Morgan fingerprint density at radius 1 is 1.19 bits per heavy atom. The Balaban J connectivity index is 1.90. The highest BCUT2D eigenvalue weighted by Crippen LogP contribution is 2.31. The molecule has 1 fully saturated rings. The van der Waals surface area contributed by atoms with Gasteiger partial charge in [0, 0.05) is 31.5 Å². The third kappa shape index (κ3) is 2.96. The SMILES string of the molecule is CC1CN(Cc2ncccn2)C(C)(c2ccccc2)CN1. The molecule has 21 heavy (non-hydrogen) atoms. The van der Waals surface area contributed by atoms with Gasteiger partial charge in [0.25, 0.3) is 0 Å². The minimum atomic E-state index is -0.0348. The second-order valence-corrected chi connectivity index (χ2v) is 5.97. The van der Waals surface area contributed by atoms with E-state index in [4.69, 9.17) is 0 Å². The van der Waals surface area contributed by atoms with Gasteiger partial charge in [-0.1, -0.05) is 30.3 Å². The average Bonchev–Trinajstić information content (AvgIpc) is 2.53. The summed E-state index contributed by atoms with van der Waals surface area (Å²) in [6.07, 6.45) is 3.63. The van der Waals surface area contributed by atoms with Gasteiger partial charge in [-0.25, -0.2) is 9.97 Å². The molecule has 2 atom stereocenters. The molecule has 2 heterocycles. The molecule has 4 nitrogen and oxygen atoms in total. The lowest BCUT2D eigenvalue weighted by Gasteiger charge is -2.47. The topological polar surface area (TPSA) is 41.1 Å². The Morgan fingerprint density at radius 3 is 2.62 bits per heavy atom. The quantitative estimate of drug-likeness (QED) is 0.937. The van der Waals surface area contributed by atoms with Crippen LogP contribution in [0.15, 0.2) is 48.8 Å². The maximum atomic E-state index is 4.38. The largest absolute Gasteiger partial charge is 0.311 e. The van der Waals surface area contributed by atoms with Gasteiger partial charge in [-0.05, 0) is 25.5 Å². The molecule has 2 unspecified atom stereocenters. The summed E-state index contributed by atoms with van der Waals surface area (Å²) < 4.78 is 0. The summed E-state index contributed by atoms with van der Waals surface area (Å²) in [5, 5.41) is 3.60. The molecular formula is C17H22N4. The number of rotatable bonds is 3. The first-order valence-corrected chi connectivity index (χ1v) is 7.48. The highest BCUT2D eigenvalue weighted by molar-refractivity contribution is 5.25. The van der Waals surface area contributed by atoms with Crippen LogP contribution in [-0.4, -0.2) is 34.0 Å². The van der Waals surface area contributed by atoms with E-state index in [0.717, 1.165) is 25.5 Å². The van der Waals surface area contributed by atoms with Crippen molar-refractivity contribution in [2.75, 3.05) is 13.1 Å². The van der Waals surface area contributed by atoms with Crippen LogP contribution in [0.5, 0.6) is 0 Å². The molecule has 1 aliphatic rings. The fourth-order valence-corrected chi connectivity index (χ4v) is 2.98. The van der Waals surface area contributed by atoms with E-state index in [1.54, 1.807) is 0 Å². The van der Waals surface area contributed by atoms with Crippen LogP contribution in [-0.2, 0) is 12.1 Å². The average molecular weight is 282 g/mol. The Kier molecular flexibility index (Phi) is 3.99. The van der Waals surface area contributed by atoms with Crippen LogP contribution in [0.2, 0.25) is 0 Å². The van der Waals surface area contributed by atoms with Gasteiger partial charge in [0.1, 0.15) is 5.82 Å². The molecule has 0 aliphatic carbocycles. The van der Waals surface area contributed by atoms with Gasteiger partial charge >= 0.3 is 0 Å². The van der Waals surface area contributed by atoms with Gasteiger partial charge < -0.3 is 5.32 Å². The smallest absolute Gasteiger partial charge is 0.142 e. The standard InChI is InChI=1S/C17H22N4/c1-14-11-21(12-16-18-9-6-10-19-16)17(2,13-20-14)15-7-4-3-5-8-15/h3-10,14,20H,11-13H2,1-2H3. The molecule has 1 aliphatic heterocycles. The van der Waals surface area contributed by atoms with Gasteiger partial charge in [0.2, 0.25) is 0 Å². The summed E-state index contributed by atoms with van der Waals surface area (Å²) in [7, 11) is 0. The zero-order chi connectivity index (χ0) is 14.7. The first-order valence-electron chi connectivity index (χ1n) is 7.48. The second kappa shape index (κ2) is 5.92. The number of aromatic nitrogens is 2. The summed E-state index contributed by atoms with van der Waals surface area (Å²) in [5.74, 6) is 0.883. The van der Waals surface area contributed by atoms with Crippen LogP contribution >= 0.6 is 0 Å². The molecule has 3 rings (SSSR count). The third-order valence-electron chi connectivity index (χ3n) is 4.33. The highest BCUT2D eigenvalue weighted by Gasteiger charge is 2.38. The van der Waals surface area contributed by atoms with Crippen molar-refractivity contribution in [1.29, 1.82) is 0 Å². The van der Waals surface area contributed by atoms with Gasteiger partial charge in [0.15, 0.2) is 0 Å². The molecule has 0 amide bonds. The van der Waals surface area contributed by atoms with E-state index >= 15 is 0 Å². The minimum Gasteiger partial charge on any atom is -0.311 e. The number of nitrogens with one attached hydrogen (secondary N) is 1. The number of hydrogen-bond donors (Lipinski definition) is 1. The fourth-order valence-electron chi connectivity index (χ4n) is 2.98. The van der Waals surface area contributed by atoms with Gasteiger partial charge in [0.05, 0.1) is 12.1 Å². The number of hydrogen-bond acceptors (Lipinski definition) is 4. The summed E-state index contributed by atoms with van der Waals surface area (Å²) >= 11 is 0. The Bertz CT molecular complexity index is 572. The summed E-state index contributed by atoms with van der Waals surface area (Å²) in [5.41, 5.74) is 1.30. The van der Waals surface area contributed by atoms with Crippen LogP contribution in [0.1, 0.15) is 25.2 Å². The van der Waals surface area contributed by atoms with Crippen LogP contribution in [0, 0.1) is 0 Å². The number of benzene rings is 1. The van der Waals surface area contributed by atoms with E-state index in [1.807, 2.05) is 18.5 Å². The lowest BCUT2D eigenvalue weighted by Crippen LogP contribution is -2.60. The molecule has 2 aromatic rings. The first kappa shape index (κ1) is 14.2.